The average molecular weight is 476 g/mol. The number of para-hydroxylation sites is 1. The number of carbonyl (C=O) groups is 1. The molecule has 35 heavy (non-hydrogen) atoms. The van der Waals surface area contributed by atoms with E-state index in [2.05, 4.69) is 20.7 Å². The molecule has 2 aromatic heterocycles. The molecule has 3 heterocycles. The number of hydrogen-bond donors (Lipinski definition) is 2. The Kier molecular flexibility index (Phi) is 5.46. The van der Waals surface area contributed by atoms with Crippen LogP contribution in [0.4, 0.5) is 17.2 Å². The third-order valence-electron chi connectivity index (χ3n) is 7.07. The lowest BCUT2D eigenvalue weighted by Crippen LogP contribution is -2.49. The lowest BCUT2D eigenvalue weighted by atomic mass is 9.85. The second-order valence-corrected chi connectivity index (χ2v) is 9.43. The predicted molar refractivity (Wildman–Crippen MR) is 131 cm³/mol. The topological polar surface area (TPSA) is 99.5 Å². The fourth-order valence-electron chi connectivity index (χ4n) is 4.83. The van der Waals surface area contributed by atoms with Crippen LogP contribution in [0.5, 0.6) is 5.75 Å². The summed E-state index contributed by atoms with van der Waals surface area (Å²) in [6.07, 6.45) is 9.40. The van der Waals surface area contributed by atoms with Crippen molar-refractivity contribution in [3.05, 3.63) is 48.4 Å². The van der Waals surface area contributed by atoms with E-state index in [1.165, 1.54) is 0 Å². The van der Waals surface area contributed by atoms with Gasteiger partial charge >= 0.3 is 0 Å². The first kappa shape index (κ1) is 22.1. The zero-order valence-corrected chi connectivity index (χ0v) is 19.9. The second-order valence-electron chi connectivity index (χ2n) is 9.43. The minimum Gasteiger partial charge on any atom is -0.494 e. The molecule has 0 radical (unpaired) electrons. The maximum atomic E-state index is 12.2. The Hall–Kier alpha value is -3.43. The van der Waals surface area contributed by atoms with Crippen molar-refractivity contribution in [1.29, 1.82) is 0 Å². The van der Waals surface area contributed by atoms with Crippen LogP contribution in [0.3, 0.4) is 0 Å². The summed E-state index contributed by atoms with van der Waals surface area (Å²) in [7, 11) is 1.66. The highest BCUT2D eigenvalue weighted by atomic mass is 16.7. The summed E-state index contributed by atoms with van der Waals surface area (Å²) in [5.74, 6) is 0.877. The van der Waals surface area contributed by atoms with Crippen LogP contribution in [0.1, 0.15) is 37.3 Å². The molecule has 3 aliphatic rings. The van der Waals surface area contributed by atoms with E-state index in [-0.39, 0.29) is 17.9 Å². The van der Waals surface area contributed by atoms with Gasteiger partial charge < -0.3 is 24.8 Å². The molecule has 1 aliphatic heterocycles. The van der Waals surface area contributed by atoms with Gasteiger partial charge in [0.1, 0.15) is 17.6 Å². The van der Waals surface area contributed by atoms with Gasteiger partial charge in [-0.05, 0) is 37.8 Å². The van der Waals surface area contributed by atoms with Crippen molar-refractivity contribution in [2.45, 2.75) is 44.4 Å². The molecule has 6 rings (SSSR count). The quantitative estimate of drug-likeness (QED) is 0.521. The van der Waals surface area contributed by atoms with Gasteiger partial charge in [-0.2, -0.15) is 5.10 Å². The SMILES string of the molecule is COc1c(Nc2cc(NC(=O)C3CC3)ncc2C)cccc1-c1cnn(C2CCC23OCCO3)c1. The number of benzene rings is 1. The number of hydrogen-bond acceptors (Lipinski definition) is 7. The molecule has 9 nitrogen and oxygen atoms in total. The zero-order chi connectivity index (χ0) is 24.0. The van der Waals surface area contributed by atoms with E-state index in [1.54, 1.807) is 13.3 Å². The van der Waals surface area contributed by atoms with E-state index < -0.39 is 5.79 Å². The van der Waals surface area contributed by atoms with Gasteiger partial charge in [0, 0.05) is 47.6 Å². The number of nitrogens with one attached hydrogen (secondary N) is 2. The first-order chi connectivity index (χ1) is 17.1. The van der Waals surface area contributed by atoms with Crippen molar-refractivity contribution in [2.24, 2.45) is 5.92 Å². The maximum Gasteiger partial charge on any atom is 0.228 e. The molecule has 1 aromatic carbocycles. The van der Waals surface area contributed by atoms with Crippen LogP contribution >= 0.6 is 0 Å². The van der Waals surface area contributed by atoms with Gasteiger partial charge in [0.25, 0.3) is 0 Å². The van der Waals surface area contributed by atoms with Gasteiger partial charge in [-0.3, -0.25) is 9.48 Å². The molecule has 3 aromatic rings. The Balaban J connectivity index is 1.26. The van der Waals surface area contributed by atoms with E-state index in [9.17, 15) is 4.79 Å². The van der Waals surface area contributed by atoms with E-state index in [1.807, 2.05) is 48.3 Å². The number of nitrogens with zero attached hydrogens (tertiary/aromatic N) is 3. The summed E-state index contributed by atoms with van der Waals surface area (Å²) in [4.78, 5) is 16.5. The number of aromatic nitrogens is 3. The Bertz CT molecular complexity index is 1260. The van der Waals surface area contributed by atoms with Crippen molar-refractivity contribution in [3.8, 4) is 16.9 Å². The number of carbonyl (C=O) groups excluding carboxylic acids is 1. The third kappa shape index (κ3) is 4.04. The molecule has 1 atom stereocenters. The first-order valence-corrected chi connectivity index (χ1v) is 12.1. The molecule has 1 unspecified atom stereocenters. The van der Waals surface area contributed by atoms with Gasteiger partial charge in [0.2, 0.25) is 5.91 Å². The highest BCUT2D eigenvalue weighted by molar-refractivity contribution is 5.93. The van der Waals surface area contributed by atoms with Gasteiger partial charge in [0.05, 0.1) is 32.2 Å². The van der Waals surface area contributed by atoms with Crippen LogP contribution in [0.15, 0.2) is 42.9 Å². The van der Waals surface area contributed by atoms with Crippen LogP contribution in [-0.2, 0) is 14.3 Å². The number of methoxy groups -OCH3 is 1. The normalized spacial score (nSPS) is 20.5. The van der Waals surface area contributed by atoms with Crippen LogP contribution in [-0.4, -0.2) is 46.8 Å². The van der Waals surface area contributed by atoms with E-state index in [0.29, 0.717) is 24.8 Å². The van der Waals surface area contributed by atoms with Gasteiger partial charge in [-0.1, -0.05) is 12.1 Å². The Labute approximate surface area is 203 Å². The standard InChI is InChI=1S/C26H29N5O4/c1-16-13-27-23(30-25(32)17-6-7-17)12-21(16)29-20-5-3-4-19(24(20)33-2)18-14-28-31(15-18)22-8-9-26(22)34-10-11-35-26/h3-5,12-15,17,22H,6-11H2,1-2H3,(H2,27,29,30,32). The van der Waals surface area contributed by atoms with Gasteiger partial charge in [-0.15, -0.1) is 0 Å². The van der Waals surface area contributed by atoms with Crippen molar-refractivity contribution in [1.82, 2.24) is 14.8 Å². The Morgan fingerprint density at radius 2 is 2.00 bits per heavy atom. The molecule has 182 valence electrons. The third-order valence-corrected chi connectivity index (χ3v) is 7.07. The molecule has 2 aliphatic carbocycles. The van der Waals surface area contributed by atoms with Crippen molar-refractivity contribution >= 4 is 23.1 Å². The minimum absolute atomic E-state index is 0.0329. The minimum atomic E-state index is -0.526. The Morgan fingerprint density at radius 3 is 2.71 bits per heavy atom. The van der Waals surface area contributed by atoms with Crippen molar-refractivity contribution < 1.29 is 19.0 Å². The largest absolute Gasteiger partial charge is 0.494 e. The molecule has 1 spiro atoms. The molecular weight excluding hydrogens is 446 g/mol. The zero-order valence-electron chi connectivity index (χ0n) is 19.9. The highest BCUT2D eigenvalue weighted by Gasteiger charge is 2.53. The summed E-state index contributed by atoms with van der Waals surface area (Å²) >= 11 is 0. The van der Waals surface area contributed by atoms with E-state index >= 15 is 0 Å². The number of pyridine rings is 1. The molecule has 2 N–H and O–H groups in total. The number of aryl methyl sites for hydroxylation is 1. The highest BCUT2D eigenvalue weighted by Crippen LogP contribution is 2.48. The number of amides is 1. The fraction of sp³-hybridized carbons (Fsp3) is 0.423. The van der Waals surface area contributed by atoms with Crippen LogP contribution < -0.4 is 15.4 Å². The van der Waals surface area contributed by atoms with E-state index in [0.717, 1.165) is 53.7 Å². The lowest BCUT2D eigenvalue weighted by Gasteiger charge is -2.44. The predicted octanol–water partition coefficient (Wildman–Crippen LogP) is 4.43. The molecule has 0 bridgehead atoms. The van der Waals surface area contributed by atoms with Gasteiger partial charge in [0.15, 0.2) is 5.79 Å². The number of anilines is 3. The summed E-state index contributed by atoms with van der Waals surface area (Å²) in [6.45, 7) is 3.24. The lowest BCUT2D eigenvalue weighted by molar-refractivity contribution is -0.242. The van der Waals surface area contributed by atoms with Crippen LogP contribution in [0.25, 0.3) is 11.1 Å². The van der Waals surface area contributed by atoms with Gasteiger partial charge in [-0.25, -0.2) is 4.98 Å². The molecule has 3 fully saturated rings. The fourth-order valence-corrected chi connectivity index (χ4v) is 4.83. The molecule has 2 saturated carbocycles. The first-order valence-electron chi connectivity index (χ1n) is 12.1. The summed E-state index contributed by atoms with van der Waals surface area (Å²) in [6, 6.07) is 7.91. The molecule has 1 amide bonds. The van der Waals surface area contributed by atoms with Crippen LogP contribution in [0.2, 0.25) is 0 Å². The maximum absolute atomic E-state index is 12.2. The summed E-state index contributed by atoms with van der Waals surface area (Å²) in [5.41, 5.74) is 4.51. The molecular formula is C26H29N5O4. The molecule has 1 saturated heterocycles. The van der Waals surface area contributed by atoms with Crippen molar-refractivity contribution in [2.75, 3.05) is 31.0 Å². The number of rotatable bonds is 7. The summed E-state index contributed by atoms with van der Waals surface area (Å²) in [5, 5.41) is 11.0. The Morgan fingerprint density at radius 1 is 1.17 bits per heavy atom. The van der Waals surface area contributed by atoms with Crippen LogP contribution in [0, 0.1) is 12.8 Å². The number of ether oxygens (including phenoxy) is 3. The average Bonchev–Trinajstić information content (AvgIpc) is 3.38. The van der Waals surface area contributed by atoms with E-state index in [4.69, 9.17) is 14.2 Å². The second kappa shape index (κ2) is 8.66. The monoisotopic (exact) mass is 475 g/mol. The summed E-state index contributed by atoms with van der Waals surface area (Å²) < 4.78 is 19.6. The smallest absolute Gasteiger partial charge is 0.228 e. The van der Waals surface area contributed by atoms with Crippen molar-refractivity contribution in [3.63, 3.8) is 0 Å². The molecule has 9 heteroatoms.